The summed E-state index contributed by atoms with van der Waals surface area (Å²) in [6.45, 7) is 14.8. The molecule has 0 amide bonds. The number of thiocarbonyl (C=S) groups is 1. The van der Waals surface area contributed by atoms with Gasteiger partial charge in [0.25, 0.3) is 0 Å². The number of hydrogen-bond acceptors (Lipinski definition) is 3. The van der Waals surface area contributed by atoms with Crippen LogP contribution in [0.3, 0.4) is 0 Å². The molecule has 0 unspecified atom stereocenters. The third-order valence-electron chi connectivity index (χ3n) is 3.99. The van der Waals surface area contributed by atoms with Gasteiger partial charge >= 0.3 is 0 Å². The molecule has 4 nitrogen and oxygen atoms in total. The monoisotopic (exact) mass is 419 g/mol. The fourth-order valence-corrected chi connectivity index (χ4v) is 3.26. The van der Waals surface area contributed by atoms with Gasteiger partial charge in [-0.3, -0.25) is 0 Å². The first-order chi connectivity index (χ1) is 13.0. The summed E-state index contributed by atoms with van der Waals surface area (Å²) in [6.07, 6.45) is 0. The van der Waals surface area contributed by atoms with E-state index in [-0.39, 0.29) is 17.4 Å². The molecule has 2 N–H and O–H groups in total. The minimum atomic E-state index is -0.120. The normalized spacial score (nSPS) is 11.6. The average molecular weight is 420 g/mol. The highest BCUT2D eigenvalue weighted by molar-refractivity contribution is 7.80. The highest BCUT2D eigenvalue weighted by atomic mass is 35.5. The van der Waals surface area contributed by atoms with Gasteiger partial charge in [0.15, 0.2) is 5.11 Å². The molecule has 0 aliphatic carbocycles. The lowest BCUT2D eigenvalue weighted by molar-refractivity contribution is 0.458. The van der Waals surface area contributed by atoms with Crippen molar-refractivity contribution in [2.75, 3.05) is 5.32 Å². The molecule has 0 radical (unpaired) electrons. The van der Waals surface area contributed by atoms with Gasteiger partial charge in [0.1, 0.15) is 5.75 Å². The fourth-order valence-electron chi connectivity index (χ4n) is 2.73. The van der Waals surface area contributed by atoms with Crippen molar-refractivity contribution in [1.82, 2.24) is 10.3 Å². The second kappa shape index (κ2) is 9.10. The molecular weight excluding hydrogens is 390 g/mol. The zero-order chi connectivity index (χ0) is 21.1. The van der Waals surface area contributed by atoms with Gasteiger partial charge in [0.05, 0.1) is 11.4 Å². The van der Waals surface area contributed by atoms with Crippen molar-refractivity contribution < 1.29 is 4.74 Å². The van der Waals surface area contributed by atoms with Crippen molar-refractivity contribution in [3.63, 3.8) is 0 Å². The summed E-state index contributed by atoms with van der Waals surface area (Å²) in [4.78, 5) is 4.78. The maximum absolute atomic E-state index is 6.01. The Kier molecular flexibility index (Phi) is 7.29. The van der Waals surface area contributed by atoms with Crippen molar-refractivity contribution in [2.45, 2.75) is 65.8 Å². The Labute approximate surface area is 179 Å². The number of ether oxygens (including phenoxy) is 1. The Morgan fingerprint density at radius 1 is 1.07 bits per heavy atom. The smallest absolute Gasteiger partial charge is 0.219 e. The van der Waals surface area contributed by atoms with Crippen LogP contribution in [-0.4, -0.2) is 15.6 Å². The highest BCUT2D eigenvalue weighted by Crippen LogP contribution is 2.35. The van der Waals surface area contributed by atoms with Crippen LogP contribution in [0.25, 0.3) is 0 Å². The largest absolute Gasteiger partial charge is 0.439 e. The summed E-state index contributed by atoms with van der Waals surface area (Å²) in [5.41, 5.74) is 2.87. The molecule has 28 heavy (non-hydrogen) atoms. The summed E-state index contributed by atoms with van der Waals surface area (Å²) in [5, 5.41) is 7.95. The summed E-state index contributed by atoms with van der Waals surface area (Å²) in [7, 11) is 0. The van der Waals surface area contributed by atoms with Gasteiger partial charge in [-0.2, -0.15) is 0 Å². The Hall–Kier alpha value is -1.85. The second-order valence-electron chi connectivity index (χ2n) is 8.50. The van der Waals surface area contributed by atoms with Crippen LogP contribution in [-0.2, 0) is 0 Å². The van der Waals surface area contributed by atoms with Gasteiger partial charge < -0.3 is 15.4 Å². The lowest BCUT2D eigenvalue weighted by atomic mass is 9.97. The predicted octanol–water partition coefficient (Wildman–Crippen LogP) is 6.86. The first-order valence-corrected chi connectivity index (χ1v) is 10.3. The van der Waals surface area contributed by atoms with E-state index < -0.39 is 0 Å². The molecule has 0 spiro atoms. The van der Waals surface area contributed by atoms with Crippen LogP contribution in [0, 0.1) is 0 Å². The van der Waals surface area contributed by atoms with E-state index in [4.69, 9.17) is 33.5 Å². The number of anilines is 1. The van der Waals surface area contributed by atoms with Gasteiger partial charge in [-0.15, -0.1) is 0 Å². The van der Waals surface area contributed by atoms with Gasteiger partial charge in [0, 0.05) is 16.6 Å². The highest BCUT2D eigenvalue weighted by Gasteiger charge is 2.20. The molecule has 0 aliphatic rings. The van der Waals surface area contributed by atoms with Crippen molar-refractivity contribution in [3.05, 3.63) is 46.6 Å². The third-order valence-corrected chi connectivity index (χ3v) is 4.44. The lowest BCUT2D eigenvalue weighted by Gasteiger charge is -2.26. The van der Waals surface area contributed by atoms with E-state index in [0.29, 0.717) is 21.8 Å². The maximum Gasteiger partial charge on any atom is 0.219 e. The minimum Gasteiger partial charge on any atom is -0.439 e. The molecule has 0 saturated heterocycles. The quantitative estimate of drug-likeness (QED) is 0.518. The zero-order valence-electron chi connectivity index (χ0n) is 17.7. The van der Waals surface area contributed by atoms with E-state index >= 15 is 0 Å². The first-order valence-electron chi connectivity index (χ1n) is 9.53. The molecule has 0 aliphatic heterocycles. The van der Waals surface area contributed by atoms with Crippen LogP contribution in [0.4, 0.5) is 5.69 Å². The molecule has 0 atom stereocenters. The van der Waals surface area contributed by atoms with Crippen LogP contribution in [0.2, 0.25) is 5.02 Å². The summed E-state index contributed by atoms with van der Waals surface area (Å²) < 4.78 is 6.01. The molecule has 2 rings (SSSR count). The molecule has 1 heterocycles. The average Bonchev–Trinajstić information content (AvgIpc) is 2.55. The Morgan fingerprint density at radius 2 is 1.68 bits per heavy atom. The number of hydrogen-bond donors (Lipinski definition) is 2. The summed E-state index contributed by atoms with van der Waals surface area (Å²) in [6, 6.07) is 9.25. The SMILES string of the molecule is CC(C)c1cc(Oc2ccc(Cl)cc2)nc(C(C)C)c1NC(=S)NC(C)(C)C. The van der Waals surface area contributed by atoms with Crippen LogP contribution in [0.15, 0.2) is 30.3 Å². The minimum absolute atomic E-state index is 0.120. The number of benzene rings is 1. The third kappa shape index (κ3) is 6.35. The zero-order valence-corrected chi connectivity index (χ0v) is 19.3. The van der Waals surface area contributed by atoms with Crippen LogP contribution < -0.4 is 15.4 Å². The second-order valence-corrected chi connectivity index (χ2v) is 9.35. The number of nitrogens with zero attached hydrogens (tertiary/aromatic N) is 1. The maximum atomic E-state index is 6.01. The number of pyridine rings is 1. The fraction of sp³-hybridized carbons (Fsp3) is 0.455. The summed E-state index contributed by atoms with van der Waals surface area (Å²) in [5.74, 6) is 1.74. The molecule has 1 aromatic heterocycles. The molecule has 2 aromatic rings. The number of halogens is 1. The molecular formula is C22H30ClN3OS. The summed E-state index contributed by atoms with van der Waals surface area (Å²) >= 11 is 11.5. The van der Waals surface area contributed by atoms with Gasteiger partial charge in [-0.1, -0.05) is 39.3 Å². The van der Waals surface area contributed by atoms with Gasteiger partial charge in [0.2, 0.25) is 5.88 Å². The first kappa shape index (κ1) is 22.4. The molecule has 152 valence electrons. The van der Waals surface area contributed by atoms with Crippen molar-refractivity contribution in [3.8, 4) is 11.6 Å². The molecule has 0 saturated carbocycles. The van der Waals surface area contributed by atoms with Crippen molar-refractivity contribution >= 4 is 34.6 Å². The topological polar surface area (TPSA) is 46.2 Å². The Morgan fingerprint density at radius 3 is 2.18 bits per heavy atom. The van der Waals surface area contributed by atoms with Gasteiger partial charge in [-0.25, -0.2) is 4.98 Å². The van der Waals surface area contributed by atoms with Crippen molar-refractivity contribution in [1.29, 1.82) is 0 Å². The van der Waals surface area contributed by atoms with E-state index in [0.717, 1.165) is 16.9 Å². The molecule has 6 heteroatoms. The number of nitrogens with one attached hydrogen (secondary N) is 2. The van der Waals surface area contributed by atoms with Crippen LogP contribution in [0.1, 0.15) is 71.6 Å². The van der Waals surface area contributed by atoms with E-state index in [1.165, 1.54) is 0 Å². The van der Waals surface area contributed by atoms with Crippen LogP contribution in [0.5, 0.6) is 11.6 Å². The molecule has 0 bridgehead atoms. The number of aromatic nitrogens is 1. The van der Waals surface area contributed by atoms with E-state index in [1.54, 1.807) is 12.1 Å². The van der Waals surface area contributed by atoms with Crippen LogP contribution >= 0.6 is 23.8 Å². The van der Waals surface area contributed by atoms with E-state index in [9.17, 15) is 0 Å². The van der Waals surface area contributed by atoms with Gasteiger partial charge in [-0.05, 0) is 74.7 Å². The van der Waals surface area contributed by atoms with E-state index in [2.05, 4.69) is 59.1 Å². The lowest BCUT2D eigenvalue weighted by Crippen LogP contribution is -2.43. The Bertz CT molecular complexity index is 798. The molecule has 1 aromatic carbocycles. The van der Waals surface area contributed by atoms with E-state index in [1.807, 2.05) is 18.2 Å². The predicted molar refractivity (Wildman–Crippen MR) is 123 cm³/mol. The molecule has 0 fully saturated rings. The Balaban J connectivity index is 2.43. The standard InChI is InChI=1S/C22H30ClN3OS/c1-13(2)17-12-18(27-16-10-8-15(23)9-11-16)24-19(14(3)4)20(17)25-21(28)26-22(5,6)7/h8-14H,1-7H3,(H2,25,26,28). The number of rotatable bonds is 5. The van der Waals surface area contributed by atoms with Crippen molar-refractivity contribution in [2.24, 2.45) is 0 Å².